The van der Waals surface area contributed by atoms with Crippen molar-refractivity contribution in [1.82, 2.24) is 5.32 Å². The summed E-state index contributed by atoms with van der Waals surface area (Å²) in [4.78, 5) is 0. The molecule has 0 saturated carbocycles. The highest BCUT2D eigenvalue weighted by molar-refractivity contribution is 5.29. The van der Waals surface area contributed by atoms with Crippen molar-refractivity contribution in [3.05, 3.63) is 35.4 Å². The summed E-state index contributed by atoms with van der Waals surface area (Å²) in [6.07, 6.45) is 2.49. The molecule has 1 saturated heterocycles. The summed E-state index contributed by atoms with van der Waals surface area (Å²) in [6, 6.07) is 9.04. The quantitative estimate of drug-likeness (QED) is 0.842. The van der Waals surface area contributed by atoms with Gasteiger partial charge in [0.2, 0.25) is 0 Å². The lowest BCUT2D eigenvalue weighted by molar-refractivity contribution is 0.326. The van der Waals surface area contributed by atoms with Gasteiger partial charge in [0.15, 0.2) is 0 Å². The Balaban J connectivity index is 2.09. The Morgan fingerprint density at radius 3 is 2.39 bits per heavy atom. The molecule has 1 aromatic carbocycles. The Hall–Kier alpha value is -0.860. The van der Waals surface area contributed by atoms with E-state index in [9.17, 15) is 0 Å². The van der Waals surface area contributed by atoms with E-state index in [1.165, 1.54) is 24.0 Å². The first-order valence-electron chi connectivity index (χ1n) is 7.05. The molecular formula is C16H26N2. The lowest BCUT2D eigenvalue weighted by Crippen LogP contribution is -2.36. The first-order valence-corrected chi connectivity index (χ1v) is 7.05. The Labute approximate surface area is 111 Å². The first-order chi connectivity index (χ1) is 8.48. The molecule has 0 aliphatic carbocycles. The van der Waals surface area contributed by atoms with Gasteiger partial charge in [0.25, 0.3) is 0 Å². The second kappa shape index (κ2) is 5.41. The van der Waals surface area contributed by atoms with Gasteiger partial charge >= 0.3 is 0 Å². The monoisotopic (exact) mass is 246 g/mol. The molecule has 0 aromatic heterocycles. The lowest BCUT2D eigenvalue weighted by atomic mass is 9.84. The number of hydrogen-bond acceptors (Lipinski definition) is 2. The van der Waals surface area contributed by atoms with Crippen molar-refractivity contribution in [3.8, 4) is 0 Å². The summed E-state index contributed by atoms with van der Waals surface area (Å²) in [5.41, 5.74) is 9.26. The third-order valence-electron chi connectivity index (χ3n) is 4.00. The van der Waals surface area contributed by atoms with Gasteiger partial charge < -0.3 is 11.1 Å². The second-order valence-corrected chi connectivity index (χ2v) is 6.50. The van der Waals surface area contributed by atoms with Gasteiger partial charge in [0.1, 0.15) is 0 Å². The predicted molar refractivity (Wildman–Crippen MR) is 77.7 cm³/mol. The van der Waals surface area contributed by atoms with Gasteiger partial charge in [0.05, 0.1) is 0 Å². The van der Waals surface area contributed by atoms with Crippen LogP contribution in [0.1, 0.15) is 50.8 Å². The molecule has 3 N–H and O–H groups in total. The number of benzene rings is 1. The van der Waals surface area contributed by atoms with E-state index in [1.807, 2.05) is 0 Å². The van der Waals surface area contributed by atoms with Gasteiger partial charge in [-0.1, -0.05) is 45.0 Å². The average molecular weight is 246 g/mol. The number of nitrogens with two attached hydrogens (primary N) is 1. The fraction of sp³-hybridized carbons (Fsp3) is 0.625. The highest BCUT2D eigenvalue weighted by atomic mass is 14.9. The molecule has 2 rings (SSSR count). The van der Waals surface area contributed by atoms with E-state index in [0.29, 0.717) is 5.92 Å². The van der Waals surface area contributed by atoms with Crippen LogP contribution < -0.4 is 11.1 Å². The molecule has 18 heavy (non-hydrogen) atoms. The van der Waals surface area contributed by atoms with Crippen LogP contribution in [-0.4, -0.2) is 13.1 Å². The summed E-state index contributed by atoms with van der Waals surface area (Å²) in [5.74, 6) is 0.583. The summed E-state index contributed by atoms with van der Waals surface area (Å²) >= 11 is 0. The third kappa shape index (κ3) is 3.12. The Kier molecular flexibility index (Phi) is 4.08. The second-order valence-electron chi connectivity index (χ2n) is 6.50. The van der Waals surface area contributed by atoms with E-state index < -0.39 is 0 Å². The number of piperidine rings is 1. The van der Waals surface area contributed by atoms with Crippen molar-refractivity contribution in [1.29, 1.82) is 0 Å². The van der Waals surface area contributed by atoms with Crippen molar-refractivity contribution in [2.45, 2.75) is 45.1 Å². The zero-order valence-electron chi connectivity index (χ0n) is 11.9. The number of hydrogen-bond donors (Lipinski definition) is 2. The fourth-order valence-corrected chi connectivity index (χ4v) is 2.66. The van der Waals surface area contributed by atoms with Crippen LogP contribution in [0, 0.1) is 5.92 Å². The molecule has 0 radical (unpaired) electrons. The molecule has 1 aliphatic heterocycles. The predicted octanol–water partition coefficient (Wildman–Crippen LogP) is 2.98. The molecular weight excluding hydrogens is 220 g/mol. The van der Waals surface area contributed by atoms with Crippen LogP contribution >= 0.6 is 0 Å². The third-order valence-corrected chi connectivity index (χ3v) is 4.00. The van der Waals surface area contributed by atoms with Gasteiger partial charge in [-0.3, -0.25) is 0 Å². The fourth-order valence-electron chi connectivity index (χ4n) is 2.66. The highest BCUT2D eigenvalue weighted by Crippen LogP contribution is 2.28. The van der Waals surface area contributed by atoms with Crippen LogP contribution in [0.4, 0.5) is 0 Å². The maximum Gasteiger partial charge on any atom is 0.0335 e. The summed E-state index contributed by atoms with van der Waals surface area (Å²) < 4.78 is 0. The van der Waals surface area contributed by atoms with E-state index >= 15 is 0 Å². The zero-order chi connectivity index (χ0) is 13.2. The lowest BCUT2D eigenvalue weighted by Gasteiger charge is -2.29. The molecule has 0 spiro atoms. The van der Waals surface area contributed by atoms with Crippen molar-refractivity contribution < 1.29 is 0 Å². The molecule has 0 amide bonds. The minimum Gasteiger partial charge on any atom is -0.324 e. The van der Waals surface area contributed by atoms with Gasteiger partial charge in [-0.05, 0) is 48.4 Å². The van der Waals surface area contributed by atoms with Crippen LogP contribution in [0.3, 0.4) is 0 Å². The van der Waals surface area contributed by atoms with Crippen molar-refractivity contribution >= 4 is 0 Å². The van der Waals surface area contributed by atoms with Crippen molar-refractivity contribution in [2.24, 2.45) is 11.7 Å². The van der Waals surface area contributed by atoms with E-state index in [-0.39, 0.29) is 11.5 Å². The average Bonchev–Trinajstić information content (AvgIpc) is 2.38. The van der Waals surface area contributed by atoms with Crippen LogP contribution in [0.2, 0.25) is 0 Å². The van der Waals surface area contributed by atoms with E-state index in [1.54, 1.807) is 0 Å². The SMILES string of the molecule is CC(C)(C)c1ccc(C(N)C2CCCNC2)cc1. The molecule has 0 bridgehead atoms. The maximum atomic E-state index is 6.39. The van der Waals surface area contributed by atoms with Crippen LogP contribution in [0.25, 0.3) is 0 Å². The van der Waals surface area contributed by atoms with Crippen LogP contribution in [-0.2, 0) is 5.41 Å². The van der Waals surface area contributed by atoms with Crippen LogP contribution in [0.5, 0.6) is 0 Å². The summed E-state index contributed by atoms with van der Waals surface area (Å²) in [5, 5.41) is 3.44. The molecule has 100 valence electrons. The molecule has 2 atom stereocenters. The van der Waals surface area contributed by atoms with Gasteiger partial charge in [-0.15, -0.1) is 0 Å². The van der Waals surface area contributed by atoms with Crippen molar-refractivity contribution in [3.63, 3.8) is 0 Å². The van der Waals surface area contributed by atoms with Gasteiger partial charge in [0, 0.05) is 6.04 Å². The number of rotatable bonds is 2. The maximum absolute atomic E-state index is 6.39. The standard InChI is InChI=1S/C16H26N2/c1-16(2,3)14-8-6-12(7-9-14)15(17)13-5-4-10-18-11-13/h6-9,13,15,18H,4-5,10-11,17H2,1-3H3. The molecule has 2 heteroatoms. The minimum atomic E-state index is 0.173. The zero-order valence-corrected chi connectivity index (χ0v) is 11.9. The highest BCUT2D eigenvalue weighted by Gasteiger charge is 2.22. The smallest absolute Gasteiger partial charge is 0.0335 e. The summed E-state index contributed by atoms with van der Waals surface area (Å²) in [7, 11) is 0. The molecule has 1 fully saturated rings. The van der Waals surface area contributed by atoms with E-state index in [2.05, 4.69) is 50.4 Å². The minimum absolute atomic E-state index is 0.173. The first kappa shape index (κ1) is 13.6. The van der Waals surface area contributed by atoms with Gasteiger partial charge in [-0.25, -0.2) is 0 Å². The molecule has 1 aromatic rings. The Morgan fingerprint density at radius 1 is 1.22 bits per heavy atom. The number of nitrogens with one attached hydrogen (secondary N) is 1. The normalized spacial score (nSPS) is 22.8. The molecule has 1 aliphatic rings. The van der Waals surface area contributed by atoms with E-state index in [4.69, 9.17) is 5.73 Å². The Morgan fingerprint density at radius 2 is 1.89 bits per heavy atom. The van der Waals surface area contributed by atoms with E-state index in [0.717, 1.165) is 13.1 Å². The Bertz CT molecular complexity index is 369. The van der Waals surface area contributed by atoms with Gasteiger partial charge in [-0.2, -0.15) is 0 Å². The topological polar surface area (TPSA) is 38.0 Å². The summed E-state index contributed by atoms with van der Waals surface area (Å²) in [6.45, 7) is 8.93. The van der Waals surface area contributed by atoms with Crippen LogP contribution in [0.15, 0.2) is 24.3 Å². The van der Waals surface area contributed by atoms with Crippen molar-refractivity contribution in [2.75, 3.05) is 13.1 Å². The molecule has 2 nitrogen and oxygen atoms in total. The largest absolute Gasteiger partial charge is 0.324 e. The molecule has 1 heterocycles. The molecule has 2 unspecified atom stereocenters.